The van der Waals surface area contributed by atoms with Gasteiger partial charge in [-0.1, -0.05) is 37.0 Å². The minimum absolute atomic E-state index is 0.0264. The fraction of sp³-hybridized carbons (Fsp3) is 0.286. The van der Waals surface area contributed by atoms with E-state index in [0.717, 1.165) is 0 Å². The van der Waals surface area contributed by atoms with Crippen molar-refractivity contribution in [1.82, 2.24) is 0 Å². The molecule has 0 aliphatic heterocycles. The van der Waals surface area contributed by atoms with Gasteiger partial charge in [0, 0.05) is 21.9 Å². The SMILES string of the molecule is CC(C)(CCl)C(=O)C(C#N)=C(O)c1ccc(Cl)cc1Cl. The van der Waals surface area contributed by atoms with Crippen LogP contribution in [-0.4, -0.2) is 16.8 Å². The minimum Gasteiger partial charge on any atom is -0.506 e. The van der Waals surface area contributed by atoms with E-state index in [1.807, 2.05) is 0 Å². The monoisotopic (exact) mass is 331 g/mol. The van der Waals surface area contributed by atoms with Gasteiger partial charge in [0.15, 0.2) is 5.78 Å². The zero-order chi connectivity index (χ0) is 15.5. The first kappa shape index (κ1) is 16.8. The molecule has 106 valence electrons. The molecule has 0 aromatic heterocycles. The van der Waals surface area contributed by atoms with Crippen molar-refractivity contribution in [3.63, 3.8) is 0 Å². The second kappa shape index (κ2) is 6.49. The average molecular weight is 333 g/mol. The third-order valence-corrected chi connectivity index (χ3v) is 3.93. The molecule has 0 atom stereocenters. The lowest BCUT2D eigenvalue weighted by molar-refractivity contribution is -0.121. The number of Topliss-reactive ketones (excluding diaryl/α,β-unsaturated/α-hetero) is 1. The van der Waals surface area contributed by atoms with Crippen LogP contribution in [0.2, 0.25) is 10.0 Å². The molecule has 1 N–H and O–H groups in total. The number of alkyl halides is 1. The van der Waals surface area contributed by atoms with E-state index in [4.69, 9.17) is 40.1 Å². The Kier molecular flexibility index (Phi) is 5.47. The zero-order valence-corrected chi connectivity index (χ0v) is 13.1. The van der Waals surface area contributed by atoms with Crippen LogP contribution in [0.3, 0.4) is 0 Å². The second-order valence-corrected chi connectivity index (χ2v) is 5.92. The van der Waals surface area contributed by atoms with E-state index in [2.05, 4.69) is 0 Å². The van der Waals surface area contributed by atoms with Gasteiger partial charge in [0.1, 0.15) is 17.4 Å². The standard InChI is InChI=1S/C14H12Cl3NO2/c1-14(2,7-15)13(20)10(6-18)12(19)9-4-3-8(16)5-11(9)17/h3-5,19H,7H2,1-2H3. The highest BCUT2D eigenvalue weighted by molar-refractivity contribution is 6.35. The van der Waals surface area contributed by atoms with Crippen molar-refractivity contribution in [3.05, 3.63) is 39.4 Å². The Morgan fingerprint density at radius 1 is 1.40 bits per heavy atom. The summed E-state index contributed by atoms with van der Waals surface area (Å²) >= 11 is 17.4. The molecule has 0 aliphatic carbocycles. The smallest absolute Gasteiger partial charge is 0.183 e. The van der Waals surface area contributed by atoms with Gasteiger partial charge >= 0.3 is 0 Å². The molecule has 0 heterocycles. The zero-order valence-electron chi connectivity index (χ0n) is 10.9. The number of aliphatic hydroxyl groups is 1. The molecule has 1 aromatic carbocycles. The fourth-order valence-electron chi connectivity index (χ4n) is 1.43. The number of hydrogen-bond donors (Lipinski definition) is 1. The number of ketones is 1. The molecule has 0 amide bonds. The first-order chi connectivity index (χ1) is 9.24. The van der Waals surface area contributed by atoms with Gasteiger partial charge in [0.05, 0.1) is 5.02 Å². The number of aliphatic hydroxyl groups excluding tert-OH is 1. The number of nitriles is 1. The van der Waals surface area contributed by atoms with E-state index in [-0.39, 0.29) is 22.0 Å². The Labute approximate surface area is 132 Å². The van der Waals surface area contributed by atoms with Crippen LogP contribution in [0.25, 0.3) is 5.76 Å². The van der Waals surface area contributed by atoms with Crippen molar-refractivity contribution >= 4 is 46.3 Å². The number of nitrogens with zero attached hydrogens (tertiary/aromatic N) is 1. The Morgan fingerprint density at radius 2 is 2.00 bits per heavy atom. The van der Waals surface area contributed by atoms with Gasteiger partial charge in [-0.2, -0.15) is 5.26 Å². The fourth-order valence-corrected chi connectivity index (χ4v) is 2.05. The third-order valence-electron chi connectivity index (χ3n) is 2.71. The number of carbonyl (C=O) groups excluding carboxylic acids is 1. The van der Waals surface area contributed by atoms with E-state index in [9.17, 15) is 9.90 Å². The number of allylic oxidation sites excluding steroid dienone is 1. The number of halogens is 3. The average Bonchev–Trinajstić information content (AvgIpc) is 2.39. The van der Waals surface area contributed by atoms with Gasteiger partial charge in [-0.05, 0) is 18.2 Å². The summed E-state index contributed by atoms with van der Waals surface area (Å²) in [6, 6.07) is 6.08. The van der Waals surface area contributed by atoms with Crippen molar-refractivity contribution in [2.45, 2.75) is 13.8 Å². The molecule has 20 heavy (non-hydrogen) atoms. The predicted molar refractivity (Wildman–Crippen MR) is 81.1 cm³/mol. The summed E-state index contributed by atoms with van der Waals surface area (Å²) in [5.41, 5.74) is -1.16. The van der Waals surface area contributed by atoms with Crippen molar-refractivity contribution in [2.75, 3.05) is 5.88 Å². The Bertz CT molecular complexity index is 615. The highest BCUT2D eigenvalue weighted by Gasteiger charge is 2.32. The number of benzene rings is 1. The van der Waals surface area contributed by atoms with Crippen molar-refractivity contribution in [2.24, 2.45) is 5.41 Å². The first-order valence-electron chi connectivity index (χ1n) is 5.64. The lowest BCUT2D eigenvalue weighted by Gasteiger charge is -2.19. The van der Waals surface area contributed by atoms with Crippen molar-refractivity contribution < 1.29 is 9.90 Å². The molecule has 0 saturated heterocycles. The Hall–Kier alpha value is -1.21. The molecule has 0 saturated carbocycles. The van der Waals surface area contributed by atoms with E-state index in [1.54, 1.807) is 19.9 Å². The molecule has 6 heteroatoms. The minimum atomic E-state index is -0.959. The van der Waals surface area contributed by atoms with Crippen LogP contribution in [0.4, 0.5) is 0 Å². The quantitative estimate of drug-likeness (QED) is 0.379. The van der Waals surface area contributed by atoms with Crippen molar-refractivity contribution in [1.29, 1.82) is 5.26 Å². The maximum Gasteiger partial charge on any atom is 0.183 e. The molecular formula is C14H12Cl3NO2. The van der Waals surface area contributed by atoms with E-state index in [0.29, 0.717) is 5.02 Å². The summed E-state index contributed by atoms with van der Waals surface area (Å²) in [5, 5.41) is 19.8. The second-order valence-electron chi connectivity index (χ2n) is 4.81. The summed E-state index contributed by atoms with van der Waals surface area (Å²) in [7, 11) is 0. The molecule has 1 rings (SSSR count). The molecule has 0 radical (unpaired) electrons. The van der Waals surface area contributed by atoms with Crippen molar-refractivity contribution in [3.8, 4) is 6.07 Å². The molecule has 0 spiro atoms. The summed E-state index contributed by atoms with van der Waals surface area (Å²) in [4.78, 5) is 12.2. The van der Waals surface area contributed by atoms with Crippen LogP contribution in [0.15, 0.2) is 23.8 Å². The lowest BCUT2D eigenvalue weighted by Crippen LogP contribution is -2.27. The predicted octanol–water partition coefficient (Wildman–Crippen LogP) is 4.62. The molecule has 3 nitrogen and oxygen atoms in total. The molecule has 1 aromatic rings. The molecule has 0 bridgehead atoms. The summed E-state index contributed by atoms with van der Waals surface area (Å²) in [5.74, 6) is -0.991. The number of carbonyl (C=O) groups is 1. The van der Waals surface area contributed by atoms with Crippen LogP contribution in [0.5, 0.6) is 0 Å². The Balaban J connectivity index is 3.41. The van der Waals surface area contributed by atoms with Crippen LogP contribution >= 0.6 is 34.8 Å². The molecule has 0 unspecified atom stereocenters. The highest BCUT2D eigenvalue weighted by Crippen LogP contribution is 2.31. The topological polar surface area (TPSA) is 61.1 Å². The van der Waals surface area contributed by atoms with Gasteiger partial charge < -0.3 is 5.11 Å². The Morgan fingerprint density at radius 3 is 2.45 bits per heavy atom. The number of hydrogen-bond acceptors (Lipinski definition) is 3. The van der Waals surface area contributed by atoms with Gasteiger partial charge in [0.25, 0.3) is 0 Å². The van der Waals surface area contributed by atoms with Crippen LogP contribution in [-0.2, 0) is 4.79 Å². The van der Waals surface area contributed by atoms with E-state index in [1.165, 1.54) is 18.2 Å². The molecule has 0 aliphatic rings. The van der Waals surface area contributed by atoms with Gasteiger partial charge in [-0.3, -0.25) is 4.79 Å². The maximum absolute atomic E-state index is 12.2. The third kappa shape index (κ3) is 3.46. The van der Waals surface area contributed by atoms with Gasteiger partial charge in [-0.25, -0.2) is 0 Å². The summed E-state index contributed by atoms with van der Waals surface area (Å²) in [6.07, 6.45) is 0. The molecular weight excluding hydrogens is 321 g/mol. The summed E-state index contributed by atoms with van der Waals surface area (Å²) < 4.78 is 0. The number of rotatable bonds is 4. The van der Waals surface area contributed by atoms with E-state index >= 15 is 0 Å². The largest absolute Gasteiger partial charge is 0.506 e. The van der Waals surface area contributed by atoms with Gasteiger partial charge in [0.2, 0.25) is 0 Å². The first-order valence-corrected chi connectivity index (χ1v) is 6.93. The van der Waals surface area contributed by atoms with Crippen LogP contribution in [0, 0.1) is 16.7 Å². The van der Waals surface area contributed by atoms with E-state index < -0.39 is 17.0 Å². The maximum atomic E-state index is 12.2. The van der Waals surface area contributed by atoms with Crippen LogP contribution < -0.4 is 0 Å². The highest BCUT2D eigenvalue weighted by atomic mass is 35.5. The van der Waals surface area contributed by atoms with Gasteiger partial charge in [-0.15, -0.1) is 11.6 Å². The summed E-state index contributed by atoms with van der Waals surface area (Å²) in [6.45, 7) is 3.19. The lowest BCUT2D eigenvalue weighted by atomic mass is 9.85. The molecule has 0 fully saturated rings. The normalized spacial score (nSPS) is 12.6. The van der Waals surface area contributed by atoms with Crippen LogP contribution in [0.1, 0.15) is 19.4 Å².